The molecule has 6 rings (SSSR count). The Morgan fingerprint density at radius 1 is 0.673 bits per heavy atom. The number of rotatable bonds is 6. The maximum Gasteiger partial charge on any atom is 0.343 e. The van der Waals surface area contributed by atoms with Gasteiger partial charge in [-0.15, -0.1) is 0 Å². The van der Waals surface area contributed by atoms with Gasteiger partial charge in [-0.1, -0.05) is 20.8 Å². The lowest BCUT2D eigenvalue weighted by atomic mass is 9.83. The molecular formula is C39H40F2N4O4. The zero-order valence-corrected chi connectivity index (χ0v) is 28.3. The molecule has 1 aliphatic carbocycles. The second kappa shape index (κ2) is 17.7. The average Bonchev–Trinajstić information content (AvgIpc) is 3.12. The molecular weight excluding hydrogens is 626 g/mol. The van der Waals surface area contributed by atoms with Crippen LogP contribution in [0.2, 0.25) is 0 Å². The van der Waals surface area contributed by atoms with E-state index < -0.39 is 17.6 Å². The van der Waals surface area contributed by atoms with Crippen LogP contribution >= 0.6 is 0 Å². The molecule has 0 amide bonds. The molecule has 10 heteroatoms. The van der Waals surface area contributed by atoms with E-state index in [4.69, 9.17) is 9.47 Å². The SMILES string of the molecule is CC.Cc1cnc(-c2ccc(OC(=O)C3CCC(C)CC3)c(F)c2)nc1.Cc1cnc(-c2ccc(OC(=O)c3ccc(F)cc3)cc2)nc1. The van der Waals surface area contributed by atoms with Crippen LogP contribution in [0, 0.1) is 37.3 Å². The standard InChI is InChI=1S/C19H21FN2O2.C18H13FN2O2.C2H6/c1-12-3-5-14(6-4-12)19(23)24-17-8-7-15(9-16(17)20)18-21-10-13(2)11-22-18;1-12-10-20-17(21-11-12)13-4-8-16(9-5-13)23-18(22)14-2-6-15(19)7-3-14;1-2/h7-12,14H,3-6H2,1-2H3;2-11H,1H3;1-2H3. The van der Waals surface area contributed by atoms with Crippen LogP contribution in [0.1, 0.15) is 67.9 Å². The Morgan fingerprint density at radius 3 is 1.71 bits per heavy atom. The van der Waals surface area contributed by atoms with Gasteiger partial charge in [-0.3, -0.25) is 4.79 Å². The van der Waals surface area contributed by atoms with E-state index in [1.807, 2.05) is 27.7 Å². The van der Waals surface area contributed by atoms with Crippen LogP contribution in [0.15, 0.2) is 91.5 Å². The van der Waals surface area contributed by atoms with Gasteiger partial charge in [-0.05, 0) is 123 Å². The first-order valence-corrected chi connectivity index (χ1v) is 16.3. The van der Waals surface area contributed by atoms with E-state index >= 15 is 0 Å². The van der Waals surface area contributed by atoms with Crippen molar-refractivity contribution in [2.75, 3.05) is 0 Å². The van der Waals surface area contributed by atoms with Gasteiger partial charge >= 0.3 is 11.9 Å². The third-order valence-corrected chi connectivity index (χ3v) is 7.71. The number of ether oxygens (including phenoxy) is 2. The average molecular weight is 667 g/mol. The number of carbonyl (C=O) groups excluding carboxylic acids is 2. The number of nitrogens with zero attached hydrogens (tertiary/aromatic N) is 4. The maximum atomic E-state index is 14.3. The van der Waals surface area contributed by atoms with Crippen LogP contribution in [0.5, 0.6) is 11.5 Å². The second-order valence-corrected chi connectivity index (χ2v) is 11.6. The Kier molecular flexibility index (Phi) is 13.2. The first-order chi connectivity index (χ1) is 23.6. The van der Waals surface area contributed by atoms with E-state index in [0.717, 1.165) is 42.4 Å². The summed E-state index contributed by atoms with van der Waals surface area (Å²) in [5, 5.41) is 0. The van der Waals surface area contributed by atoms with E-state index in [1.165, 1.54) is 36.4 Å². The number of aryl methyl sites for hydroxylation is 2. The number of esters is 2. The molecule has 0 spiro atoms. The van der Waals surface area contributed by atoms with Crippen molar-refractivity contribution in [3.05, 3.63) is 120 Å². The summed E-state index contributed by atoms with van der Waals surface area (Å²) in [5.74, 6) is 0.0956. The molecule has 2 heterocycles. The Hall–Kier alpha value is -5.38. The molecule has 1 fully saturated rings. The highest BCUT2D eigenvalue weighted by Gasteiger charge is 2.26. The molecule has 5 aromatic rings. The number of hydrogen-bond acceptors (Lipinski definition) is 8. The number of benzene rings is 3. The lowest BCUT2D eigenvalue weighted by Gasteiger charge is -2.24. The minimum Gasteiger partial charge on any atom is -0.423 e. The molecule has 0 atom stereocenters. The van der Waals surface area contributed by atoms with E-state index in [-0.39, 0.29) is 23.2 Å². The molecule has 0 radical (unpaired) electrons. The molecule has 1 saturated carbocycles. The molecule has 0 aliphatic heterocycles. The summed E-state index contributed by atoms with van der Waals surface area (Å²) in [6.07, 6.45) is 10.5. The number of hydrogen-bond donors (Lipinski definition) is 0. The molecule has 0 unspecified atom stereocenters. The monoisotopic (exact) mass is 666 g/mol. The molecule has 254 valence electrons. The molecule has 8 nitrogen and oxygen atoms in total. The maximum absolute atomic E-state index is 14.3. The van der Waals surface area contributed by atoms with Gasteiger partial charge < -0.3 is 9.47 Å². The van der Waals surface area contributed by atoms with Gasteiger partial charge in [0.2, 0.25) is 0 Å². The van der Waals surface area contributed by atoms with Gasteiger partial charge in [-0.2, -0.15) is 0 Å². The highest BCUT2D eigenvalue weighted by atomic mass is 19.1. The van der Waals surface area contributed by atoms with Crippen LogP contribution in [-0.4, -0.2) is 31.9 Å². The predicted octanol–water partition coefficient (Wildman–Crippen LogP) is 9.16. The van der Waals surface area contributed by atoms with Crippen molar-refractivity contribution in [1.82, 2.24) is 19.9 Å². The van der Waals surface area contributed by atoms with Crippen LogP contribution in [0.25, 0.3) is 22.8 Å². The van der Waals surface area contributed by atoms with Crippen molar-refractivity contribution in [2.45, 2.75) is 60.3 Å². The van der Waals surface area contributed by atoms with Crippen molar-refractivity contribution in [3.8, 4) is 34.3 Å². The molecule has 1 aliphatic rings. The normalized spacial score (nSPS) is 15.1. The van der Waals surface area contributed by atoms with Gasteiger partial charge in [0.05, 0.1) is 11.5 Å². The molecule has 0 bridgehead atoms. The third kappa shape index (κ3) is 10.6. The largest absolute Gasteiger partial charge is 0.423 e. The van der Waals surface area contributed by atoms with Crippen LogP contribution < -0.4 is 9.47 Å². The second-order valence-electron chi connectivity index (χ2n) is 11.6. The van der Waals surface area contributed by atoms with Crippen molar-refractivity contribution < 1.29 is 27.8 Å². The Labute approximate surface area is 285 Å². The highest BCUT2D eigenvalue weighted by Crippen LogP contribution is 2.31. The topological polar surface area (TPSA) is 104 Å². The van der Waals surface area contributed by atoms with E-state index in [9.17, 15) is 18.4 Å². The first kappa shape index (κ1) is 36.5. The molecule has 0 N–H and O–H groups in total. The summed E-state index contributed by atoms with van der Waals surface area (Å²) in [7, 11) is 0. The summed E-state index contributed by atoms with van der Waals surface area (Å²) in [6, 6.07) is 16.5. The summed E-state index contributed by atoms with van der Waals surface area (Å²) in [6.45, 7) is 9.99. The minimum absolute atomic E-state index is 0.0329. The highest BCUT2D eigenvalue weighted by molar-refractivity contribution is 5.91. The Bertz CT molecular complexity index is 1810. The van der Waals surface area contributed by atoms with Gasteiger partial charge in [0.1, 0.15) is 11.6 Å². The van der Waals surface area contributed by atoms with Gasteiger partial charge in [-0.25, -0.2) is 33.5 Å². The predicted molar refractivity (Wildman–Crippen MR) is 184 cm³/mol. The first-order valence-electron chi connectivity index (χ1n) is 16.3. The Balaban J connectivity index is 0.000000210. The van der Waals surface area contributed by atoms with Gasteiger partial charge in [0.25, 0.3) is 0 Å². The van der Waals surface area contributed by atoms with Crippen molar-refractivity contribution >= 4 is 11.9 Å². The summed E-state index contributed by atoms with van der Waals surface area (Å²) in [5.41, 5.74) is 3.59. The van der Waals surface area contributed by atoms with E-state index in [0.29, 0.717) is 28.9 Å². The smallest absolute Gasteiger partial charge is 0.343 e. The van der Waals surface area contributed by atoms with Crippen molar-refractivity contribution in [1.29, 1.82) is 0 Å². The lowest BCUT2D eigenvalue weighted by Crippen LogP contribution is -2.25. The number of carbonyl (C=O) groups is 2. The lowest BCUT2D eigenvalue weighted by molar-refractivity contribution is -0.140. The summed E-state index contributed by atoms with van der Waals surface area (Å²) >= 11 is 0. The van der Waals surface area contributed by atoms with Crippen LogP contribution in [0.3, 0.4) is 0 Å². The van der Waals surface area contributed by atoms with Gasteiger partial charge in [0, 0.05) is 35.9 Å². The van der Waals surface area contributed by atoms with Gasteiger partial charge in [0.15, 0.2) is 23.2 Å². The Morgan fingerprint density at radius 2 is 1.18 bits per heavy atom. The molecule has 49 heavy (non-hydrogen) atoms. The summed E-state index contributed by atoms with van der Waals surface area (Å²) in [4.78, 5) is 41.0. The fourth-order valence-corrected chi connectivity index (χ4v) is 4.92. The fourth-order valence-electron chi connectivity index (χ4n) is 4.92. The molecule has 2 aromatic heterocycles. The van der Waals surface area contributed by atoms with E-state index in [2.05, 4.69) is 26.9 Å². The molecule has 3 aromatic carbocycles. The molecule has 0 saturated heterocycles. The fraction of sp³-hybridized carbons (Fsp3) is 0.282. The van der Waals surface area contributed by atoms with Crippen LogP contribution in [-0.2, 0) is 4.79 Å². The van der Waals surface area contributed by atoms with Crippen molar-refractivity contribution in [3.63, 3.8) is 0 Å². The number of aromatic nitrogens is 4. The van der Waals surface area contributed by atoms with E-state index in [1.54, 1.807) is 55.1 Å². The summed E-state index contributed by atoms with van der Waals surface area (Å²) < 4.78 is 37.6. The zero-order valence-electron chi connectivity index (χ0n) is 28.3. The quantitative estimate of drug-likeness (QED) is 0.131. The number of halogens is 2. The van der Waals surface area contributed by atoms with Crippen molar-refractivity contribution in [2.24, 2.45) is 11.8 Å². The third-order valence-electron chi connectivity index (χ3n) is 7.71. The zero-order chi connectivity index (χ0) is 35.3. The minimum atomic E-state index is -0.575. The van der Waals surface area contributed by atoms with Crippen LogP contribution in [0.4, 0.5) is 8.78 Å².